The van der Waals surface area contributed by atoms with Gasteiger partial charge in [0.05, 0.1) is 6.54 Å². The number of para-hydroxylation sites is 1. The number of anilines is 2. The largest absolute Gasteiger partial charge is 0.484 e. The van der Waals surface area contributed by atoms with Crippen LogP contribution in [-0.4, -0.2) is 18.4 Å². The number of nitrogens with one attached hydrogen (secondary N) is 1. The van der Waals surface area contributed by atoms with E-state index >= 15 is 0 Å². The molecule has 3 aromatic carbocycles. The maximum absolute atomic E-state index is 12.5. The van der Waals surface area contributed by atoms with Crippen LogP contribution in [0.25, 0.3) is 0 Å². The quantitative estimate of drug-likeness (QED) is 0.691. The first-order chi connectivity index (χ1) is 14.2. The number of carbonyl (C=O) groups is 2. The van der Waals surface area contributed by atoms with E-state index < -0.39 is 0 Å². The zero-order chi connectivity index (χ0) is 20.1. The minimum absolute atomic E-state index is 0.0558. The van der Waals surface area contributed by atoms with Gasteiger partial charge in [-0.1, -0.05) is 48.5 Å². The Morgan fingerprint density at radius 1 is 0.931 bits per heavy atom. The summed E-state index contributed by atoms with van der Waals surface area (Å²) in [6, 6.07) is 24.9. The second kappa shape index (κ2) is 8.61. The first-order valence-electron chi connectivity index (χ1n) is 9.64. The van der Waals surface area contributed by atoms with Crippen molar-refractivity contribution in [1.29, 1.82) is 0 Å². The Hall–Kier alpha value is -3.60. The zero-order valence-electron chi connectivity index (χ0n) is 16.0. The van der Waals surface area contributed by atoms with E-state index in [1.807, 2.05) is 83.8 Å². The van der Waals surface area contributed by atoms with Crippen LogP contribution < -0.4 is 15.0 Å². The third-order valence-electron chi connectivity index (χ3n) is 4.86. The third-order valence-corrected chi connectivity index (χ3v) is 4.86. The number of ether oxygens (including phenoxy) is 1. The first kappa shape index (κ1) is 18.7. The van der Waals surface area contributed by atoms with Gasteiger partial charge in [-0.25, -0.2) is 0 Å². The van der Waals surface area contributed by atoms with E-state index in [9.17, 15) is 9.59 Å². The molecule has 5 heteroatoms. The molecule has 4 rings (SSSR count). The number of aryl methyl sites for hydroxylation is 1. The molecule has 29 heavy (non-hydrogen) atoms. The van der Waals surface area contributed by atoms with Crippen molar-refractivity contribution < 1.29 is 14.3 Å². The molecule has 0 radical (unpaired) electrons. The number of nitrogens with zero attached hydrogens (tertiary/aromatic N) is 1. The van der Waals surface area contributed by atoms with Crippen LogP contribution in [0.1, 0.15) is 17.5 Å². The Kier molecular flexibility index (Phi) is 5.56. The molecule has 5 nitrogen and oxygen atoms in total. The van der Waals surface area contributed by atoms with Crippen LogP contribution >= 0.6 is 0 Å². The number of hydrogen-bond acceptors (Lipinski definition) is 3. The van der Waals surface area contributed by atoms with Gasteiger partial charge in [0.1, 0.15) is 5.75 Å². The molecule has 0 aliphatic carbocycles. The summed E-state index contributed by atoms with van der Waals surface area (Å²) in [5, 5.41) is 2.87. The highest BCUT2D eigenvalue weighted by Gasteiger charge is 2.24. The predicted octanol–water partition coefficient (Wildman–Crippen LogP) is 4.18. The van der Waals surface area contributed by atoms with Crippen molar-refractivity contribution in [3.8, 4) is 5.75 Å². The number of amides is 2. The van der Waals surface area contributed by atoms with Crippen molar-refractivity contribution in [2.24, 2.45) is 0 Å². The number of benzene rings is 3. The number of carbonyl (C=O) groups excluding carboxylic acids is 2. The van der Waals surface area contributed by atoms with Crippen LogP contribution in [0, 0.1) is 0 Å². The summed E-state index contributed by atoms with van der Waals surface area (Å²) < 4.78 is 5.49. The van der Waals surface area contributed by atoms with Crippen molar-refractivity contribution in [2.75, 3.05) is 16.8 Å². The van der Waals surface area contributed by atoms with Gasteiger partial charge in [0, 0.05) is 17.8 Å². The smallest absolute Gasteiger partial charge is 0.262 e. The summed E-state index contributed by atoms with van der Waals surface area (Å²) in [4.78, 5) is 26.5. The van der Waals surface area contributed by atoms with Gasteiger partial charge in [-0.15, -0.1) is 0 Å². The van der Waals surface area contributed by atoms with Crippen molar-refractivity contribution in [3.63, 3.8) is 0 Å². The molecule has 146 valence electrons. The Morgan fingerprint density at radius 2 is 1.66 bits per heavy atom. The van der Waals surface area contributed by atoms with E-state index in [0.29, 0.717) is 30.8 Å². The van der Waals surface area contributed by atoms with Gasteiger partial charge in [-0.3, -0.25) is 9.59 Å². The van der Waals surface area contributed by atoms with E-state index in [2.05, 4.69) is 5.32 Å². The van der Waals surface area contributed by atoms with Crippen LogP contribution in [0.5, 0.6) is 5.75 Å². The van der Waals surface area contributed by atoms with Crippen LogP contribution in [0.2, 0.25) is 0 Å². The lowest BCUT2D eigenvalue weighted by Crippen LogP contribution is -2.34. The van der Waals surface area contributed by atoms with Crippen molar-refractivity contribution in [3.05, 3.63) is 90.0 Å². The fraction of sp³-hybridized carbons (Fsp3) is 0.167. The molecular weight excluding hydrogens is 364 g/mol. The Balaban J connectivity index is 1.43. The maximum Gasteiger partial charge on any atom is 0.262 e. The summed E-state index contributed by atoms with van der Waals surface area (Å²) in [5.41, 5.74) is 3.76. The van der Waals surface area contributed by atoms with Crippen LogP contribution in [0.4, 0.5) is 11.4 Å². The molecule has 1 aliphatic rings. The monoisotopic (exact) mass is 386 g/mol. The van der Waals surface area contributed by atoms with Crippen molar-refractivity contribution in [1.82, 2.24) is 0 Å². The average molecular weight is 386 g/mol. The van der Waals surface area contributed by atoms with E-state index in [1.54, 1.807) is 0 Å². The van der Waals surface area contributed by atoms with Gasteiger partial charge < -0.3 is 15.0 Å². The topological polar surface area (TPSA) is 58.6 Å². The lowest BCUT2D eigenvalue weighted by Gasteiger charge is -2.30. The lowest BCUT2D eigenvalue weighted by atomic mass is 9.99. The SMILES string of the molecule is O=C(COc1ccccc1)Nc1ccc2c(c1)CCC(=O)N2Cc1ccccc1. The standard InChI is InChI=1S/C24H22N2O3/c27-23(17-29-21-9-5-2-6-10-21)25-20-12-13-22-19(15-20)11-14-24(28)26(22)16-18-7-3-1-4-8-18/h1-10,12-13,15H,11,14,16-17H2,(H,25,27). The molecule has 0 saturated carbocycles. The highest BCUT2D eigenvalue weighted by atomic mass is 16.5. The van der Waals surface area contributed by atoms with Gasteiger partial charge >= 0.3 is 0 Å². The Bertz CT molecular complexity index is 1000. The average Bonchev–Trinajstić information content (AvgIpc) is 2.76. The third kappa shape index (κ3) is 4.63. The van der Waals surface area contributed by atoms with Crippen molar-refractivity contribution in [2.45, 2.75) is 19.4 Å². The molecule has 0 saturated heterocycles. The molecule has 2 amide bonds. The van der Waals surface area contributed by atoms with E-state index in [1.165, 1.54) is 0 Å². The molecule has 0 fully saturated rings. The minimum Gasteiger partial charge on any atom is -0.484 e. The van der Waals surface area contributed by atoms with Gasteiger partial charge in [0.2, 0.25) is 5.91 Å². The minimum atomic E-state index is -0.221. The molecule has 0 atom stereocenters. The molecule has 3 aromatic rings. The summed E-state index contributed by atoms with van der Waals surface area (Å²) >= 11 is 0. The van der Waals surface area contributed by atoms with E-state index in [0.717, 1.165) is 16.8 Å². The molecule has 0 aromatic heterocycles. The maximum atomic E-state index is 12.5. The first-order valence-corrected chi connectivity index (χ1v) is 9.64. The van der Waals surface area contributed by atoms with Gasteiger partial charge in [0.25, 0.3) is 5.91 Å². The Labute approximate surface area is 169 Å². The summed E-state index contributed by atoms with van der Waals surface area (Å²) in [6.07, 6.45) is 1.14. The second-order valence-electron chi connectivity index (χ2n) is 6.96. The fourth-order valence-corrected chi connectivity index (χ4v) is 3.44. The predicted molar refractivity (Wildman–Crippen MR) is 113 cm³/mol. The highest BCUT2D eigenvalue weighted by Crippen LogP contribution is 2.31. The molecule has 1 N–H and O–H groups in total. The second-order valence-corrected chi connectivity index (χ2v) is 6.96. The summed E-state index contributed by atoms with van der Waals surface area (Å²) in [7, 11) is 0. The summed E-state index contributed by atoms with van der Waals surface area (Å²) in [5.74, 6) is 0.555. The molecule has 0 unspecified atom stereocenters. The van der Waals surface area contributed by atoms with Gasteiger partial charge in [-0.05, 0) is 47.9 Å². The molecular formula is C24H22N2O3. The lowest BCUT2D eigenvalue weighted by molar-refractivity contribution is -0.119. The van der Waals surface area contributed by atoms with Gasteiger partial charge in [0.15, 0.2) is 6.61 Å². The summed E-state index contributed by atoms with van der Waals surface area (Å²) in [6.45, 7) is 0.489. The number of rotatable bonds is 6. The highest BCUT2D eigenvalue weighted by molar-refractivity contribution is 5.97. The molecule has 0 bridgehead atoms. The van der Waals surface area contributed by atoms with Crippen LogP contribution in [0.3, 0.4) is 0 Å². The molecule has 0 spiro atoms. The number of hydrogen-bond donors (Lipinski definition) is 1. The van der Waals surface area contributed by atoms with E-state index in [-0.39, 0.29) is 18.4 Å². The Morgan fingerprint density at radius 3 is 2.41 bits per heavy atom. The zero-order valence-corrected chi connectivity index (χ0v) is 16.0. The number of fused-ring (bicyclic) bond motifs is 1. The van der Waals surface area contributed by atoms with E-state index in [4.69, 9.17) is 4.74 Å². The van der Waals surface area contributed by atoms with Gasteiger partial charge in [-0.2, -0.15) is 0 Å². The molecule has 1 heterocycles. The van der Waals surface area contributed by atoms with Crippen molar-refractivity contribution >= 4 is 23.2 Å². The van der Waals surface area contributed by atoms with Crippen LogP contribution in [-0.2, 0) is 22.6 Å². The van der Waals surface area contributed by atoms with Crippen LogP contribution in [0.15, 0.2) is 78.9 Å². The fourth-order valence-electron chi connectivity index (χ4n) is 3.44. The normalized spacial score (nSPS) is 13.0. The molecule has 1 aliphatic heterocycles.